The number of hydrogen-bond donors (Lipinski definition) is 1. The first-order valence-corrected chi connectivity index (χ1v) is 11.4. The molecule has 33 heavy (non-hydrogen) atoms. The molecule has 0 atom stereocenters. The molecule has 3 aromatic carbocycles. The molecule has 0 aromatic heterocycles. The van der Waals surface area contributed by atoms with Gasteiger partial charge in [-0.25, -0.2) is 17.6 Å². The highest BCUT2D eigenvalue weighted by Crippen LogP contribution is 2.27. The fourth-order valence-corrected chi connectivity index (χ4v) is 4.50. The number of amides is 1. The van der Waals surface area contributed by atoms with E-state index in [-0.39, 0.29) is 26.7 Å². The quantitative estimate of drug-likeness (QED) is 0.508. The van der Waals surface area contributed by atoms with E-state index in [9.17, 15) is 22.4 Å². The molecule has 0 aliphatic heterocycles. The average Bonchev–Trinajstić information content (AvgIpc) is 2.80. The summed E-state index contributed by atoms with van der Waals surface area (Å²) in [6.45, 7) is 1.64. The molecule has 0 saturated carbocycles. The maximum absolute atomic E-state index is 13.2. The summed E-state index contributed by atoms with van der Waals surface area (Å²) < 4.78 is 45.1. The zero-order valence-corrected chi connectivity index (χ0v) is 19.5. The second-order valence-electron chi connectivity index (χ2n) is 7.01. The first kappa shape index (κ1) is 24.2. The van der Waals surface area contributed by atoms with Crippen LogP contribution in [0.3, 0.4) is 0 Å². The number of ether oxygens (including phenoxy) is 1. The summed E-state index contributed by atoms with van der Waals surface area (Å²) >= 11 is 6.18. The fraction of sp³-hybridized carbons (Fsp3) is 0.130. The number of anilines is 2. The predicted octanol–water partition coefficient (Wildman–Crippen LogP) is 4.65. The van der Waals surface area contributed by atoms with E-state index in [1.807, 2.05) is 0 Å². The molecule has 10 heteroatoms. The highest BCUT2D eigenvalue weighted by molar-refractivity contribution is 7.92. The third-order valence-corrected chi connectivity index (χ3v) is 7.13. The van der Waals surface area contributed by atoms with Gasteiger partial charge >= 0.3 is 5.97 Å². The number of carbonyl (C=O) groups is 2. The van der Waals surface area contributed by atoms with Crippen LogP contribution in [0.4, 0.5) is 15.8 Å². The molecule has 0 bridgehead atoms. The van der Waals surface area contributed by atoms with E-state index in [2.05, 4.69) is 5.32 Å². The number of rotatable bonds is 6. The van der Waals surface area contributed by atoms with Crippen molar-refractivity contribution in [1.29, 1.82) is 0 Å². The zero-order chi connectivity index (χ0) is 24.3. The summed E-state index contributed by atoms with van der Waals surface area (Å²) in [6, 6.07) is 13.4. The highest BCUT2D eigenvalue weighted by atomic mass is 35.5. The molecule has 0 fully saturated rings. The number of sulfonamides is 1. The number of benzene rings is 3. The molecule has 172 valence electrons. The maximum Gasteiger partial charge on any atom is 0.338 e. The molecule has 0 heterocycles. The summed E-state index contributed by atoms with van der Waals surface area (Å²) in [5.41, 5.74) is 1.27. The van der Waals surface area contributed by atoms with Gasteiger partial charge in [0.1, 0.15) is 5.82 Å². The lowest BCUT2D eigenvalue weighted by molar-refractivity contribution is 0.0599. The number of nitrogens with one attached hydrogen (secondary N) is 1. The largest absolute Gasteiger partial charge is 0.465 e. The molecule has 7 nitrogen and oxygen atoms in total. The van der Waals surface area contributed by atoms with Crippen molar-refractivity contribution < 1.29 is 27.1 Å². The minimum atomic E-state index is -4.07. The van der Waals surface area contributed by atoms with E-state index in [0.29, 0.717) is 11.3 Å². The van der Waals surface area contributed by atoms with E-state index in [4.69, 9.17) is 16.3 Å². The molecule has 1 N–H and O–H groups in total. The summed E-state index contributed by atoms with van der Waals surface area (Å²) in [5.74, 6) is -1.72. The molecular formula is C23H20ClFN2O5S. The van der Waals surface area contributed by atoms with Crippen LogP contribution in [0, 0.1) is 12.7 Å². The third-order valence-electron chi connectivity index (χ3n) is 5.02. The number of nitrogens with zero attached hydrogens (tertiary/aromatic N) is 1. The van der Waals surface area contributed by atoms with Crippen LogP contribution in [-0.4, -0.2) is 34.5 Å². The van der Waals surface area contributed by atoms with E-state index in [1.54, 1.807) is 25.1 Å². The Bertz CT molecular complexity index is 1330. The number of hydrogen-bond acceptors (Lipinski definition) is 5. The average molecular weight is 491 g/mol. The van der Waals surface area contributed by atoms with Gasteiger partial charge in [-0.2, -0.15) is 0 Å². The Morgan fingerprint density at radius 1 is 1.03 bits per heavy atom. The number of carbonyl (C=O) groups excluding carboxylic acids is 2. The summed E-state index contributed by atoms with van der Waals surface area (Å²) in [5, 5.41) is 2.69. The molecule has 1 amide bonds. The lowest BCUT2D eigenvalue weighted by atomic mass is 10.1. The lowest BCUT2D eigenvalue weighted by Gasteiger charge is -2.20. The van der Waals surface area contributed by atoms with E-state index >= 15 is 0 Å². The van der Waals surface area contributed by atoms with Crippen molar-refractivity contribution >= 4 is 44.9 Å². The van der Waals surface area contributed by atoms with Crippen LogP contribution in [0.15, 0.2) is 65.6 Å². The molecule has 0 unspecified atom stereocenters. The minimum Gasteiger partial charge on any atom is -0.465 e. The van der Waals surface area contributed by atoms with Gasteiger partial charge in [-0.15, -0.1) is 0 Å². The zero-order valence-electron chi connectivity index (χ0n) is 17.9. The van der Waals surface area contributed by atoms with Gasteiger partial charge in [0.25, 0.3) is 15.9 Å². The molecule has 3 rings (SSSR count). The van der Waals surface area contributed by atoms with Crippen molar-refractivity contribution in [2.45, 2.75) is 11.8 Å². The Hall–Kier alpha value is -3.43. The van der Waals surface area contributed by atoms with Crippen LogP contribution in [-0.2, 0) is 14.8 Å². The molecule has 0 spiro atoms. The van der Waals surface area contributed by atoms with Gasteiger partial charge in [-0.1, -0.05) is 17.7 Å². The van der Waals surface area contributed by atoms with Crippen molar-refractivity contribution in [3.05, 3.63) is 88.2 Å². The first-order valence-electron chi connectivity index (χ1n) is 9.59. The Morgan fingerprint density at radius 2 is 1.70 bits per heavy atom. The summed E-state index contributed by atoms with van der Waals surface area (Å²) in [4.78, 5) is 24.7. The van der Waals surface area contributed by atoms with Gasteiger partial charge in [0, 0.05) is 12.7 Å². The smallest absolute Gasteiger partial charge is 0.338 e. The van der Waals surface area contributed by atoms with E-state index < -0.39 is 27.7 Å². The van der Waals surface area contributed by atoms with Gasteiger partial charge in [0.2, 0.25) is 0 Å². The molecule has 0 saturated heterocycles. The van der Waals surface area contributed by atoms with Gasteiger partial charge in [0.15, 0.2) is 0 Å². The first-order chi connectivity index (χ1) is 15.6. The van der Waals surface area contributed by atoms with Crippen LogP contribution < -0.4 is 9.62 Å². The topological polar surface area (TPSA) is 92.8 Å². The summed E-state index contributed by atoms with van der Waals surface area (Å²) in [6.07, 6.45) is 0. The molecule has 0 aliphatic carbocycles. The number of halogens is 2. The van der Waals surface area contributed by atoms with E-state index in [0.717, 1.165) is 22.5 Å². The Labute approximate surface area is 195 Å². The van der Waals surface area contributed by atoms with Gasteiger partial charge in [0.05, 0.1) is 33.8 Å². The van der Waals surface area contributed by atoms with Gasteiger partial charge < -0.3 is 10.1 Å². The maximum atomic E-state index is 13.2. The standard InChI is InChI=1S/C23H20ClFN2O5S/c1-14-18(23(29)32-3)5-4-6-21(14)26-22(28)19-13-17(11-12-20(19)24)33(30,31)27(2)16-9-7-15(25)8-10-16/h4-13H,1-3H3,(H,26,28). The summed E-state index contributed by atoms with van der Waals surface area (Å²) in [7, 11) is -1.50. The normalized spacial score (nSPS) is 11.1. The second-order valence-corrected chi connectivity index (χ2v) is 9.39. The van der Waals surface area contributed by atoms with Crippen molar-refractivity contribution in [2.75, 3.05) is 23.8 Å². The monoisotopic (exact) mass is 490 g/mol. The van der Waals surface area contributed by atoms with Crippen molar-refractivity contribution in [3.63, 3.8) is 0 Å². The van der Waals surface area contributed by atoms with E-state index in [1.165, 1.54) is 38.4 Å². The lowest BCUT2D eigenvalue weighted by Crippen LogP contribution is -2.27. The SMILES string of the molecule is COC(=O)c1cccc(NC(=O)c2cc(S(=O)(=O)N(C)c3ccc(F)cc3)ccc2Cl)c1C. The second kappa shape index (κ2) is 9.60. The number of methoxy groups -OCH3 is 1. The Kier molecular flexibility index (Phi) is 7.04. The van der Waals surface area contributed by atoms with Gasteiger partial charge in [-0.05, 0) is 67.1 Å². The minimum absolute atomic E-state index is 0.0395. The predicted molar refractivity (Wildman–Crippen MR) is 124 cm³/mol. The van der Waals surface area contributed by atoms with Gasteiger partial charge in [-0.3, -0.25) is 9.10 Å². The van der Waals surface area contributed by atoms with Crippen LogP contribution in [0.25, 0.3) is 0 Å². The molecule has 0 radical (unpaired) electrons. The molecular weight excluding hydrogens is 471 g/mol. The molecule has 0 aliphatic rings. The van der Waals surface area contributed by atoms with Crippen LogP contribution >= 0.6 is 11.6 Å². The molecule has 3 aromatic rings. The van der Waals surface area contributed by atoms with Crippen LogP contribution in [0.1, 0.15) is 26.3 Å². The third kappa shape index (κ3) is 4.99. The van der Waals surface area contributed by atoms with Crippen LogP contribution in [0.5, 0.6) is 0 Å². The Morgan fingerprint density at radius 3 is 2.33 bits per heavy atom. The number of esters is 1. The van der Waals surface area contributed by atoms with Crippen LogP contribution in [0.2, 0.25) is 5.02 Å². The van der Waals surface area contributed by atoms with Crippen molar-refractivity contribution in [1.82, 2.24) is 0 Å². The van der Waals surface area contributed by atoms with Crippen molar-refractivity contribution in [2.24, 2.45) is 0 Å². The highest BCUT2D eigenvalue weighted by Gasteiger charge is 2.24. The Balaban J connectivity index is 1.94. The van der Waals surface area contributed by atoms with Crippen molar-refractivity contribution in [3.8, 4) is 0 Å². The fourth-order valence-electron chi connectivity index (χ4n) is 3.08.